The molecule has 2 aromatic heterocycles. The summed E-state index contributed by atoms with van der Waals surface area (Å²) in [6, 6.07) is 4.68. The second-order valence-corrected chi connectivity index (χ2v) is 4.21. The number of hydrazine groups is 1. The average molecular weight is 282 g/mol. The van der Waals surface area contributed by atoms with Gasteiger partial charge in [-0.05, 0) is 19.1 Å². The maximum atomic E-state index is 11.9. The summed E-state index contributed by atoms with van der Waals surface area (Å²) in [6.45, 7) is 2.04. The normalized spacial score (nSPS) is 10.3. The molecule has 0 unspecified atom stereocenters. The third kappa shape index (κ3) is 3.43. The van der Waals surface area contributed by atoms with Crippen molar-refractivity contribution in [3.05, 3.63) is 40.4 Å². The van der Waals surface area contributed by atoms with Gasteiger partial charge in [0.2, 0.25) is 0 Å². The van der Waals surface area contributed by atoms with E-state index in [-0.39, 0.29) is 17.6 Å². The van der Waals surface area contributed by atoms with Crippen LogP contribution in [0.2, 0.25) is 5.15 Å². The quantitative estimate of drug-likeness (QED) is 0.442. The van der Waals surface area contributed by atoms with Gasteiger partial charge in [-0.3, -0.25) is 4.79 Å². The van der Waals surface area contributed by atoms with Crippen LogP contribution < -0.4 is 16.6 Å². The zero-order valence-electron chi connectivity index (χ0n) is 10.1. The first-order valence-corrected chi connectivity index (χ1v) is 5.81. The fraction of sp³-hybridized carbons (Fsp3) is 0.182. The molecule has 2 rings (SSSR count). The Morgan fingerprint density at radius 3 is 2.89 bits per heavy atom. The van der Waals surface area contributed by atoms with Crippen LogP contribution in [-0.4, -0.2) is 16.0 Å². The third-order valence-electron chi connectivity index (χ3n) is 2.30. The van der Waals surface area contributed by atoms with E-state index in [0.717, 1.165) is 5.69 Å². The van der Waals surface area contributed by atoms with Gasteiger partial charge < -0.3 is 15.3 Å². The van der Waals surface area contributed by atoms with Crippen molar-refractivity contribution in [3.63, 3.8) is 0 Å². The Morgan fingerprint density at radius 2 is 2.26 bits per heavy atom. The van der Waals surface area contributed by atoms with Gasteiger partial charge in [0, 0.05) is 11.6 Å². The Balaban J connectivity index is 2.05. The number of nitrogens with one attached hydrogen (secondary N) is 2. The highest BCUT2D eigenvalue weighted by Crippen LogP contribution is 2.14. The first-order valence-electron chi connectivity index (χ1n) is 5.43. The van der Waals surface area contributed by atoms with Crippen molar-refractivity contribution in [2.75, 3.05) is 5.43 Å². The van der Waals surface area contributed by atoms with Gasteiger partial charge in [0.15, 0.2) is 5.76 Å². The summed E-state index contributed by atoms with van der Waals surface area (Å²) in [6.07, 6.45) is 0. The Labute approximate surface area is 114 Å². The molecular weight excluding hydrogens is 270 g/mol. The van der Waals surface area contributed by atoms with Crippen LogP contribution in [0.5, 0.6) is 0 Å². The Kier molecular flexibility index (Phi) is 3.98. The molecule has 0 saturated carbocycles. The van der Waals surface area contributed by atoms with Crippen LogP contribution in [0.4, 0.5) is 5.82 Å². The molecule has 0 aliphatic heterocycles. The molecule has 0 aliphatic carbocycles. The van der Waals surface area contributed by atoms with Crippen molar-refractivity contribution in [2.45, 2.75) is 13.5 Å². The second-order valence-electron chi connectivity index (χ2n) is 3.83. The number of hydrogen-bond donors (Lipinski definition) is 3. The predicted molar refractivity (Wildman–Crippen MR) is 69.5 cm³/mol. The Morgan fingerprint density at radius 1 is 1.47 bits per heavy atom. The molecule has 0 fully saturated rings. The van der Waals surface area contributed by atoms with Gasteiger partial charge in [-0.1, -0.05) is 16.8 Å². The topological polar surface area (TPSA) is 106 Å². The van der Waals surface area contributed by atoms with Crippen LogP contribution in [0.25, 0.3) is 0 Å². The van der Waals surface area contributed by atoms with E-state index in [9.17, 15) is 4.79 Å². The van der Waals surface area contributed by atoms with Crippen molar-refractivity contribution in [1.29, 1.82) is 0 Å². The highest BCUT2D eigenvalue weighted by molar-refractivity contribution is 6.29. The number of halogens is 1. The van der Waals surface area contributed by atoms with Gasteiger partial charge in [-0.2, -0.15) is 0 Å². The average Bonchev–Trinajstić information content (AvgIpc) is 2.81. The number of anilines is 1. The smallest absolute Gasteiger partial charge is 0.251 e. The summed E-state index contributed by atoms with van der Waals surface area (Å²) in [7, 11) is 0. The molecule has 0 aliphatic rings. The summed E-state index contributed by atoms with van der Waals surface area (Å²) in [4.78, 5) is 15.8. The summed E-state index contributed by atoms with van der Waals surface area (Å²) < 4.78 is 4.98. The summed E-state index contributed by atoms with van der Waals surface area (Å²) in [5.41, 5.74) is 3.44. The summed E-state index contributed by atoms with van der Waals surface area (Å²) >= 11 is 5.78. The minimum absolute atomic E-state index is 0.177. The van der Waals surface area contributed by atoms with Crippen LogP contribution >= 0.6 is 11.6 Å². The highest BCUT2D eigenvalue weighted by atomic mass is 35.5. The van der Waals surface area contributed by atoms with Crippen LogP contribution in [0.15, 0.2) is 22.7 Å². The molecule has 0 aromatic carbocycles. The fourth-order valence-corrected chi connectivity index (χ4v) is 1.68. The molecule has 1 amide bonds. The number of hydrogen-bond acceptors (Lipinski definition) is 6. The number of carbonyl (C=O) groups excluding carboxylic acids is 1. The van der Waals surface area contributed by atoms with Gasteiger partial charge in [-0.15, -0.1) is 0 Å². The Bertz CT molecular complexity index is 599. The van der Waals surface area contributed by atoms with E-state index in [1.807, 2.05) is 0 Å². The first-order chi connectivity index (χ1) is 9.08. The zero-order valence-corrected chi connectivity index (χ0v) is 10.9. The highest BCUT2D eigenvalue weighted by Gasteiger charge is 2.10. The zero-order chi connectivity index (χ0) is 13.8. The maximum Gasteiger partial charge on any atom is 0.251 e. The lowest BCUT2D eigenvalue weighted by Gasteiger charge is -2.05. The van der Waals surface area contributed by atoms with Crippen molar-refractivity contribution < 1.29 is 9.32 Å². The summed E-state index contributed by atoms with van der Waals surface area (Å²) in [5.74, 6) is 5.80. The molecule has 0 bridgehead atoms. The molecule has 7 nitrogen and oxygen atoms in total. The van der Waals surface area contributed by atoms with Crippen molar-refractivity contribution in [3.8, 4) is 0 Å². The van der Waals surface area contributed by atoms with Gasteiger partial charge in [0.05, 0.1) is 12.2 Å². The second kappa shape index (κ2) is 5.68. The number of rotatable bonds is 4. The number of pyridine rings is 1. The number of carbonyl (C=O) groups is 1. The molecular formula is C11H12ClN5O2. The molecule has 0 saturated heterocycles. The van der Waals surface area contributed by atoms with Crippen LogP contribution in [0, 0.1) is 6.92 Å². The third-order valence-corrected chi connectivity index (χ3v) is 2.50. The van der Waals surface area contributed by atoms with Crippen molar-refractivity contribution in [1.82, 2.24) is 15.5 Å². The van der Waals surface area contributed by atoms with E-state index in [2.05, 4.69) is 20.9 Å². The molecule has 100 valence electrons. The standard InChI is InChI=1S/C11H12ClN5O2/c1-6-2-8(19-17-6)5-14-11(18)7-3-9(12)15-10(4-7)16-13/h2-4H,5,13H2,1H3,(H,14,18)(H,15,16). The number of nitrogen functional groups attached to an aromatic ring is 1. The monoisotopic (exact) mass is 281 g/mol. The molecule has 2 aromatic rings. The van der Waals surface area contributed by atoms with E-state index in [1.165, 1.54) is 12.1 Å². The lowest BCUT2D eigenvalue weighted by Crippen LogP contribution is -2.23. The van der Waals surface area contributed by atoms with Gasteiger partial charge in [0.1, 0.15) is 11.0 Å². The molecule has 0 radical (unpaired) electrons. The molecule has 0 spiro atoms. The van der Waals surface area contributed by atoms with Gasteiger partial charge >= 0.3 is 0 Å². The van der Waals surface area contributed by atoms with E-state index >= 15 is 0 Å². The number of amides is 1. The molecule has 8 heteroatoms. The summed E-state index contributed by atoms with van der Waals surface area (Å²) in [5, 5.41) is 6.58. The van der Waals surface area contributed by atoms with Gasteiger partial charge in [0.25, 0.3) is 5.91 Å². The minimum atomic E-state index is -0.310. The van der Waals surface area contributed by atoms with E-state index in [4.69, 9.17) is 22.0 Å². The lowest BCUT2D eigenvalue weighted by molar-refractivity contribution is 0.0947. The predicted octanol–water partition coefficient (Wildman–Crippen LogP) is 1.25. The van der Waals surface area contributed by atoms with Gasteiger partial charge in [-0.25, -0.2) is 10.8 Å². The van der Waals surface area contributed by atoms with Crippen LogP contribution in [-0.2, 0) is 6.54 Å². The molecule has 4 N–H and O–H groups in total. The lowest BCUT2D eigenvalue weighted by atomic mass is 10.2. The number of aryl methyl sites for hydroxylation is 1. The number of aromatic nitrogens is 2. The number of nitrogens with two attached hydrogens (primary N) is 1. The van der Waals surface area contributed by atoms with Crippen LogP contribution in [0.1, 0.15) is 21.8 Å². The fourth-order valence-electron chi connectivity index (χ4n) is 1.47. The van der Waals surface area contributed by atoms with Crippen LogP contribution in [0.3, 0.4) is 0 Å². The Hall–Kier alpha value is -2.12. The van der Waals surface area contributed by atoms with E-state index in [1.54, 1.807) is 13.0 Å². The SMILES string of the molecule is Cc1cc(CNC(=O)c2cc(Cl)nc(NN)c2)on1. The van der Waals surface area contributed by atoms with E-state index < -0.39 is 0 Å². The minimum Gasteiger partial charge on any atom is -0.359 e. The maximum absolute atomic E-state index is 11.9. The molecule has 2 heterocycles. The molecule has 19 heavy (non-hydrogen) atoms. The first kappa shape index (κ1) is 13.3. The van der Waals surface area contributed by atoms with Crippen molar-refractivity contribution in [2.24, 2.45) is 5.84 Å². The van der Waals surface area contributed by atoms with E-state index in [0.29, 0.717) is 17.1 Å². The van der Waals surface area contributed by atoms with Crippen molar-refractivity contribution >= 4 is 23.3 Å². The molecule has 0 atom stereocenters. The number of nitrogens with zero attached hydrogens (tertiary/aromatic N) is 2. The largest absolute Gasteiger partial charge is 0.359 e.